The molecule has 4 rings (SSSR count). The Bertz CT molecular complexity index is 975. The minimum atomic E-state index is -0.263. The van der Waals surface area contributed by atoms with Crippen LogP contribution in [0.3, 0.4) is 0 Å². The van der Waals surface area contributed by atoms with Crippen molar-refractivity contribution in [1.29, 1.82) is 0 Å². The molecule has 7 heteroatoms. The molecule has 1 atom stereocenters. The van der Waals surface area contributed by atoms with Crippen molar-refractivity contribution >= 4 is 23.3 Å². The molecular weight excluding hydrogens is 338 g/mol. The average molecular weight is 354 g/mol. The highest BCUT2D eigenvalue weighted by Crippen LogP contribution is 2.30. The van der Waals surface area contributed by atoms with Crippen molar-refractivity contribution in [3.8, 4) is 0 Å². The number of rotatable bonds is 3. The predicted octanol–water partition coefficient (Wildman–Crippen LogP) is 2.77. The Morgan fingerprint density at radius 3 is 2.48 bits per heavy atom. The number of hydrogen-bond donors (Lipinski definition) is 1. The van der Waals surface area contributed by atoms with Crippen LogP contribution in [0.15, 0.2) is 64.5 Å². The van der Waals surface area contributed by atoms with Gasteiger partial charge in [0.15, 0.2) is 0 Å². The van der Waals surface area contributed by atoms with Crippen LogP contribution in [0.5, 0.6) is 0 Å². The zero-order chi connectivity index (χ0) is 17.4. The Morgan fingerprint density at radius 1 is 1.12 bits per heavy atom. The molecule has 0 radical (unpaired) electrons. The molecule has 0 bridgehead atoms. The van der Waals surface area contributed by atoms with E-state index in [1.54, 1.807) is 12.1 Å². The quantitative estimate of drug-likeness (QED) is 0.787. The van der Waals surface area contributed by atoms with Gasteiger partial charge in [0.2, 0.25) is 5.95 Å². The minimum Gasteiger partial charge on any atom is -0.263 e. The Kier molecular flexibility index (Phi) is 3.89. The number of aromatic amines is 1. The normalized spacial score (nSPS) is 17.0. The fourth-order valence-electron chi connectivity index (χ4n) is 3.02. The smallest absolute Gasteiger partial charge is 0.263 e. The van der Waals surface area contributed by atoms with Crippen molar-refractivity contribution in [3.63, 3.8) is 0 Å². The third-order valence-electron chi connectivity index (χ3n) is 4.34. The molecule has 2 heterocycles. The van der Waals surface area contributed by atoms with Gasteiger partial charge in [-0.25, -0.2) is 14.9 Å². The number of H-pyrrole nitrogens is 1. The van der Waals surface area contributed by atoms with Crippen molar-refractivity contribution < 1.29 is 0 Å². The van der Waals surface area contributed by atoms with Gasteiger partial charge in [0.1, 0.15) is 0 Å². The first-order chi connectivity index (χ1) is 12.1. The minimum absolute atomic E-state index is 0.0779. The van der Waals surface area contributed by atoms with E-state index in [1.807, 2.05) is 42.5 Å². The number of nitrogens with one attached hydrogen (secondary N) is 1. The second-order valence-corrected chi connectivity index (χ2v) is 6.36. The SMILES string of the molecule is Cn1c(N2CC(c3ccccc3)C(c3ccc(Cl)cc3)=N2)n[nH]c1=O. The van der Waals surface area contributed by atoms with Gasteiger partial charge in [-0.1, -0.05) is 54.1 Å². The van der Waals surface area contributed by atoms with E-state index in [2.05, 4.69) is 22.3 Å². The molecule has 1 unspecified atom stereocenters. The Labute approximate surface area is 149 Å². The van der Waals surface area contributed by atoms with Crippen LogP contribution in [0.1, 0.15) is 17.0 Å². The number of halogens is 1. The summed E-state index contributed by atoms with van der Waals surface area (Å²) in [4.78, 5) is 11.7. The number of benzene rings is 2. The highest BCUT2D eigenvalue weighted by molar-refractivity contribution is 6.30. The fourth-order valence-corrected chi connectivity index (χ4v) is 3.15. The van der Waals surface area contributed by atoms with Gasteiger partial charge in [0.05, 0.1) is 12.3 Å². The molecule has 2 aromatic carbocycles. The van der Waals surface area contributed by atoms with E-state index in [0.717, 1.165) is 11.3 Å². The summed E-state index contributed by atoms with van der Waals surface area (Å²) < 4.78 is 1.45. The van der Waals surface area contributed by atoms with E-state index in [-0.39, 0.29) is 11.6 Å². The predicted molar refractivity (Wildman–Crippen MR) is 98.3 cm³/mol. The molecule has 0 aliphatic carbocycles. The highest BCUT2D eigenvalue weighted by Gasteiger charge is 2.31. The molecule has 126 valence electrons. The fraction of sp³-hybridized carbons (Fsp3) is 0.167. The summed E-state index contributed by atoms with van der Waals surface area (Å²) in [6.45, 7) is 0.611. The van der Waals surface area contributed by atoms with E-state index in [0.29, 0.717) is 17.5 Å². The van der Waals surface area contributed by atoms with Crippen LogP contribution in [-0.2, 0) is 7.05 Å². The van der Waals surface area contributed by atoms with E-state index >= 15 is 0 Å². The van der Waals surface area contributed by atoms with Crippen LogP contribution < -0.4 is 10.7 Å². The molecule has 0 saturated carbocycles. The molecule has 25 heavy (non-hydrogen) atoms. The topological polar surface area (TPSA) is 66.3 Å². The largest absolute Gasteiger partial charge is 0.344 e. The maximum absolute atomic E-state index is 11.7. The molecule has 0 saturated heterocycles. The first kappa shape index (κ1) is 15.7. The number of nitrogens with zero attached hydrogens (tertiary/aromatic N) is 4. The first-order valence-corrected chi connectivity index (χ1v) is 8.29. The summed E-state index contributed by atoms with van der Waals surface area (Å²) in [5.74, 6) is 0.573. The van der Waals surface area contributed by atoms with Crippen molar-refractivity contribution in [2.24, 2.45) is 12.1 Å². The molecule has 0 spiro atoms. The lowest BCUT2D eigenvalue weighted by atomic mass is 9.91. The van der Waals surface area contributed by atoms with Crippen LogP contribution in [0, 0.1) is 0 Å². The molecule has 1 aromatic heterocycles. The van der Waals surface area contributed by atoms with Crippen molar-refractivity contribution in [2.75, 3.05) is 11.6 Å². The van der Waals surface area contributed by atoms with E-state index < -0.39 is 0 Å². The molecule has 6 nitrogen and oxygen atoms in total. The summed E-state index contributed by atoms with van der Waals surface area (Å²) in [5.41, 5.74) is 2.83. The lowest BCUT2D eigenvalue weighted by Crippen LogP contribution is -2.23. The van der Waals surface area contributed by atoms with Gasteiger partial charge in [-0.2, -0.15) is 5.10 Å². The number of hydrazone groups is 1. The van der Waals surface area contributed by atoms with Crippen LogP contribution in [0.2, 0.25) is 5.02 Å². The van der Waals surface area contributed by atoms with Gasteiger partial charge in [-0.3, -0.25) is 4.57 Å². The Balaban J connectivity index is 1.79. The number of anilines is 1. The summed E-state index contributed by atoms with van der Waals surface area (Å²) in [6.07, 6.45) is 0. The molecule has 0 fully saturated rings. The van der Waals surface area contributed by atoms with Gasteiger partial charge in [-0.15, -0.1) is 5.10 Å². The van der Waals surface area contributed by atoms with Crippen molar-refractivity contribution in [3.05, 3.63) is 81.2 Å². The highest BCUT2D eigenvalue weighted by atomic mass is 35.5. The third-order valence-corrected chi connectivity index (χ3v) is 4.59. The maximum Gasteiger partial charge on any atom is 0.344 e. The van der Waals surface area contributed by atoms with Crippen LogP contribution in [-0.4, -0.2) is 27.0 Å². The van der Waals surface area contributed by atoms with Gasteiger partial charge in [0.25, 0.3) is 0 Å². The molecule has 3 aromatic rings. The van der Waals surface area contributed by atoms with Crippen LogP contribution in [0.25, 0.3) is 0 Å². The van der Waals surface area contributed by atoms with Gasteiger partial charge < -0.3 is 0 Å². The number of aromatic nitrogens is 3. The van der Waals surface area contributed by atoms with Crippen molar-refractivity contribution in [1.82, 2.24) is 14.8 Å². The average Bonchev–Trinajstić information content (AvgIpc) is 3.21. The Morgan fingerprint density at radius 2 is 1.84 bits per heavy atom. The molecule has 1 N–H and O–H groups in total. The summed E-state index contributed by atoms with van der Waals surface area (Å²) in [5, 5.41) is 13.8. The maximum atomic E-state index is 11.7. The first-order valence-electron chi connectivity index (χ1n) is 7.92. The van der Waals surface area contributed by atoms with E-state index in [1.165, 1.54) is 10.1 Å². The van der Waals surface area contributed by atoms with Gasteiger partial charge in [-0.05, 0) is 23.3 Å². The standard InChI is InChI=1S/C18H16ClN5O/c1-23-17(20-21-18(23)25)24-11-15(12-5-3-2-4-6-12)16(22-24)13-7-9-14(19)10-8-13/h2-10,15H,11H2,1H3,(H,21,25). The summed E-state index contributed by atoms with van der Waals surface area (Å²) >= 11 is 6.02. The third kappa shape index (κ3) is 2.85. The second kappa shape index (κ2) is 6.22. The Hall–Kier alpha value is -2.86. The lowest BCUT2D eigenvalue weighted by molar-refractivity contribution is 0.766. The van der Waals surface area contributed by atoms with Crippen molar-refractivity contribution in [2.45, 2.75) is 5.92 Å². The lowest BCUT2D eigenvalue weighted by Gasteiger charge is -2.15. The van der Waals surface area contributed by atoms with Crippen LogP contribution >= 0.6 is 11.6 Å². The molecule has 0 amide bonds. The zero-order valence-corrected chi connectivity index (χ0v) is 14.3. The molecular formula is C18H16ClN5O. The molecule has 1 aliphatic heterocycles. The monoisotopic (exact) mass is 353 g/mol. The summed E-state index contributed by atoms with van der Waals surface area (Å²) in [6, 6.07) is 17.8. The molecule has 1 aliphatic rings. The van der Waals surface area contributed by atoms with Crippen LogP contribution in [0.4, 0.5) is 5.95 Å². The summed E-state index contributed by atoms with van der Waals surface area (Å²) in [7, 11) is 1.68. The van der Waals surface area contributed by atoms with Gasteiger partial charge >= 0.3 is 5.69 Å². The zero-order valence-electron chi connectivity index (χ0n) is 13.6. The van der Waals surface area contributed by atoms with E-state index in [4.69, 9.17) is 16.7 Å². The second-order valence-electron chi connectivity index (χ2n) is 5.93. The van der Waals surface area contributed by atoms with E-state index in [9.17, 15) is 4.79 Å². The number of hydrogen-bond acceptors (Lipinski definition) is 4. The van der Waals surface area contributed by atoms with Gasteiger partial charge in [0, 0.05) is 18.0 Å².